The van der Waals surface area contributed by atoms with Crippen LogP contribution >= 0.6 is 11.6 Å². The predicted molar refractivity (Wildman–Crippen MR) is 109 cm³/mol. The van der Waals surface area contributed by atoms with Crippen molar-refractivity contribution < 1.29 is 4.79 Å². The van der Waals surface area contributed by atoms with Crippen molar-refractivity contribution in [1.82, 2.24) is 15.1 Å². The van der Waals surface area contributed by atoms with Crippen LogP contribution in [-0.4, -0.2) is 15.7 Å². The van der Waals surface area contributed by atoms with Crippen molar-refractivity contribution in [2.45, 2.75) is 31.8 Å². The zero-order valence-electron chi connectivity index (χ0n) is 15.2. The molecule has 2 N–H and O–H groups in total. The highest BCUT2D eigenvalue weighted by Gasteiger charge is 2.33. The number of carbonyl (C=O) groups excluding carboxylic acids is 1. The molecule has 1 heterocycles. The minimum atomic E-state index is -0.340. The van der Waals surface area contributed by atoms with Crippen molar-refractivity contribution in [2.24, 2.45) is 5.92 Å². The van der Waals surface area contributed by atoms with Gasteiger partial charge in [-0.15, -0.1) is 0 Å². The second kappa shape index (κ2) is 7.64. The van der Waals surface area contributed by atoms with Crippen molar-refractivity contribution in [3.63, 3.8) is 0 Å². The minimum Gasteiger partial charge on any atom is -0.349 e. The van der Waals surface area contributed by atoms with Crippen LogP contribution in [-0.2, 0) is 11.3 Å². The van der Waals surface area contributed by atoms with Crippen LogP contribution in [0.15, 0.2) is 58.1 Å². The van der Waals surface area contributed by atoms with E-state index in [1.807, 2.05) is 24.3 Å². The highest BCUT2D eigenvalue weighted by Crippen LogP contribution is 2.41. The quantitative estimate of drug-likeness (QED) is 0.670. The van der Waals surface area contributed by atoms with Gasteiger partial charge in [0.1, 0.15) is 0 Å². The number of aryl methyl sites for hydroxylation is 1. The Morgan fingerprint density at radius 1 is 1.11 bits per heavy atom. The Morgan fingerprint density at radius 2 is 1.79 bits per heavy atom. The Balaban J connectivity index is 1.47. The first kappa shape index (κ1) is 18.5. The normalized spacial score (nSPS) is 14.8. The van der Waals surface area contributed by atoms with Gasteiger partial charge in [0.05, 0.1) is 23.4 Å². The molecule has 0 bridgehead atoms. The van der Waals surface area contributed by atoms with E-state index < -0.39 is 0 Å². The average Bonchev–Trinajstić information content (AvgIpc) is 3.54. The molecule has 1 atom stereocenters. The Labute approximate surface area is 166 Å². The number of H-pyrrole nitrogens is 1. The molecule has 6 nitrogen and oxygen atoms in total. The fourth-order valence-electron chi connectivity index (χ4n) is 3.44. The number of nitrogens with one attached hydrogen (secondary N) is 2. The first-order valence-electron chi connectivity index (χ1n) is 9.29. The molecule has 1 aliphatic carbocycles. The van der Waals surface area contributed by atoms with Gasteiger partial charge in [0, 0.05) is 11.4 Å². The van der Waals surface area contributed by atoms with E-state index in [1.54, 1.807) is 24.3 Å². The Morgan fingerprint density at radius 3 is 2.46 bits per heavy atom. The average molecular weight is 398 g/mol. The van der Waals surface area contributed by atoms with Gasteiger partial charge in [0.2, 0.25) is 5.91 Å². The summed E-state index contributed by atoms with van der Waals surface area (Å²) < 4.78 is 1.21. The summed E-state index contributed by atoms with van der Waals surface area (Å²) >= 11 is 5.96. The van der Waals surface area contributed by atoms with Gasteiger partial charge in [-0.25, -0.2) is 4.68 Å². The van der Waals surface area contributed by atoms with Gasteiger partial charge >= 0.3 is 0 Å². The fraction of sp³-hybridized carbons (Fsp3) is 0.286. The lowest BCUT2D eigenvalue weighted by atomic mass is 10.0. The van der Waals surface area contributed by atoms with E-state index in [4.69, 9.17) is 11.6 Å². The molecule has 1 aliphatic rings. The number of aromatic nitrogens is 2. The number of aromatic amines is 1. The monoisotopic (exact) mass is 397 g/mol. The van der Waals surface area contributed by atoms with Gasteiger partial charge in [-0.3, -0.25) is 19.5 Å². The number of benzene rings is 2. The van der Waals surface area contributed by atoms with Crippen molar-refractivity contribution >= 4 is 28.3 Å². The van der Waals surface area contributed by atoms with E-state index in [-0.39, 0.29) is 36.0 Å². The molecule has 1 amide bonds. The fourth-order valence-corrected chi connectivity index (χ4v) is 3.56. The largest absolute Gasteiger partial charge is 0.349 e. The topological polar surface area (TPSA) is 84.0 Å². The Kier molecular flexibility index (Phi) is 5.05. The van der Waals surface area contributed by atoms with Gasteiger partial charge in [-0.1, -0.05) is 35.9 Å². The molecule has 4 rings (SSSR count). The molecule has 0 spiro atoms. The first-order valence-corrected chi connectivity index (χ1v) is 9.67. The van der Waals surface area contributed by atoms with E-state index in [0.29, 0.717) is 21.7 Å². The molecular weight excluding hydrogens is 378 g/mol. The van der Waals surface area contributed by atoms with Crippen LogP contribution in [0.2, 0.25) is 5.02 Å². The summed E-state index contributed by atoms with van der Waals surface area (Å²) in [5.74, 6) is 0.265. The summed E-state index contributed by atoms with van der Waals surface area (Å²) in [7, 11) is 0. The minimum absolute atomic E-state index is 0.0582. The molecule has 1 fully saturated rings. The second-order valence-electron chi connectivity index (χ2n) is 7.13. The lowest BCUT2D eigenvalue weighted by molar-refractivity contribution is -0.122. The number of carbonyl (C=O) groups is 1. The van der Waals surface area contributed by atoms with E-state index in [9.17, 15) is 14.4 Å². The number of hydrogen-bond donors (Lipinski definition) is 2. The zero-order valence-corrected chi connectivity index (χ0v) is 15.9. The van der Waals surface area contributed by atoms with Crippen molar-refractivity contribution in [3.8, 4) is 0 Å². The molecule has 28 heavy (non-hydrogen) atoms. The van der Waals surface area contributed by atoms with Crippen LogP contribution in [0, 0.1) is 5.92 Å². The molecule has 2 aromatic carbocycles. The van der Waals surface area contributed by atoms with Gasteiger partial charge in [0.15, 0.2) is 0 Å². The van der Waals surface area contributed by atoms with Crippen LogP contribution in [0.25, 0.3) is 10.8 Å². The molecule has 3 aromatic rings. The third-order valence-corrected chi connectivity index (χ3v) is 5.34. The highest BCUT2D eigenvalue weighted by atomic mass is 35.5. The van der Waals surface area contributed by atoms with Crippen molar-refractivity contribution in [1.29, 1.82) is 0 Å². The maximum absolute atomic E-state index is 12.5. The predicted octanol–water partition coefficient (Wildman–Crippen LogP) is 3.00. The number of amides is 1. The van der Waals surface area contributed by atoms with Crippen molar-refractivity contribution in [3.05, 3.63) is 79.8 Å². The number of hydrogen-bond acceptors (Lipinski definition) is 3. The molecule has 1 saturated carbocycles. The molecule has 144 valence electrons. The summed E-state index contributed by atoms with van der Waals surface area (Å²) in [6.07, 6.45) is 2.25. The molecule has 1 aromatic heterocycles. The molecule has 7 heteroatoms. The number of fused-ring (bicyclic) bond motifs is 1. The SMILES string of the molecule is O=C(CCn1[nH]c(=O)c2ccccc2c1=O)N[C@H](c1ccc(Cl)cc1)C1CC1. The summed E-state index contributed by atoms with van der Waals surface area (Å²) in [6, 6.07) is 14.1. The Hall–Kier alpha value is -2.86. The maximum atomic E-state index is 12.5. The molecule has 0 unspecified atom stereocenters. The summed E-state index contributed by atoms with van der Waals surface area (Å²) in [5, 5.41) is 6.98. The molecule has 0 saturated heterocycles. The lowest BCUT2D eigenvalue weighted by Gasteiger charge is -2.19. The standard InChI is InChI=1S/C21H20ClN3O3/c22-15-9-7-14(8-10-15)19(13-5-6-13)23-18(26)11-12-25-21(28)17-4-2-1-3-16(17)20(27)24-25/h1-4,7-10,13,19H,5-6,11-12H2,(H,23,26)(H,24,27)/t19-/m0/s1. The number of rotatable bonds is 6. The highest BCUT2D eigenvalue weighted by molar-refractivity contribution is 6.30. The molecule has 0 aliphatic heterocycles. The van der Waals surface area contributed by atoms with Crippen LogP contribution < -0.4 is 16.4 Å². The van der Waals surface area contributed by atoms with Crippen molar-refractivity contribution in [2.75, 3.05) is 0 Å². The van der Waals surface area contributed by atoms with Crippen LogP contribution in [0.1, 0.15) is 30.9 Å². The summed E-state index contributed by atoms with van der Waals surface area (Å²) in [6.45, 7) is 0.114. The van der Waals surface area contributed by atoms with E-state index in [0.717, 1.165) is 18.4 Å². The van der Waals surface area contributed by atoms with Crippen LogP contribution in [0.5, 0.6) is 0 Å². The lowest BCUT2D eigenvalue weighted by Crippen LogP contribution is -2.34. The van der Waals surface area contributed by atoms with Crippen LogP contribution in [0.3, 0.4) is 0 Å². The zero-order chi connectivity index (χ0) is 19.7. The summed E-state index contributed by atoms with van der Waals surface area (Å²) in [4.78, 5) is 37.2. The van der Waals surface area contributed by atoms with E-state index in [1.165, 1.54) is 4.68 Å². The smallest absolute Gasteiger partial charge is 0.273 e. The summed E-state index contributed by atoms with van der Waals surface area (Å²) in [5.41, 5.74) is 0.378. The van der Waals surface area contributed by atoms with Crippen LogP contribution in [0.4, 0.5) is 0 Å². The third-order valence-electron chi connectivity index (χ3n) is 5.09. The first-order chi connectivity index (χ1) is 13.5. The molecular formula is C21H20ClN3O3. The van der Waals surface area contributed by atoms with Gasteiger partial charge in [-0.05, 0) is 48.6 Å². The van der Waals surface area contributed by atoms with Gasteiger partial charge in [0.25, 0.3) is 11.1 Å². The Bertz CT molecular complexity index is 1130. The van der Waals surface area contributed by atoms with Gasteiger partial charge < -0.3 is 5.32 Å². The number of nitrogens with zero attached hydrogens (tertiary/aromatic N) is 1. The van der Waals surface area contributed by atoms with E-state index in [2.05, 4.69) is 10.4 Å². The number of halogens is 1. The second-order valence-corrected chi connectivity index (χ2v) is 7.56. The van der Waals surface area contributed by atoms with Gasteiger partial charge in [-0.2, -0.15) is 0 Å². The third kappa shape index (κ3) is 3.87. The van der Waals surface area contributed by atoms with E-state index >= 15 is 0 Å². The maximum Gasteiger partial charge on any atom is 0.273 e. The molecule has 0 radical (unpaired) electrons.